The van der Waals surface area contributed by atoms with E-state index < -0.39 is 5.97 Å². The molecule has 0 N–H and O–H groups in total. The lowest BCUT2D eigenvalue weighted by molar-refractivity contribution is -0.134. The highest BCUT2D eigenvalue weighted by Crippen LogP contribution is 2.28. The second-order valence-electron chi connectivity index (χ2n) is 6.29. The van der Waals surface area contributed by atoms with Gasteiger partial charge in [0.1, 0.15) is 0 Å². The Morgan fingerprint density at radius 1 is 1.07 bits per heavy atom. The van der Waals surface area contributed by atoms with Crippen molar-refractivity contribution in [2.75, 3.05) is 51.4 Å². The summed E-state index contributed by atoms with van der Waals surface area (Å²) in [5.41, 5.74) is 0.296. The normalized spacial score (nSPS) is 13.7. The van der Waals surface area contributed by atoms with Gasteiger partial charge in [0.15, 0.2) is 18.1 Å². The van der Waals surface area contributed by atoms with Crippen LogP contribution in [0.5, 0.6) is 11.5 Å². The number of piperazine rings is 1. The van der Waals surface area contributed by atoms with Gasteiger partial charge in [-0.15, -0.1) is 0 Å². The number of methoxy groups -OCH3 is 1. The van der Waals surface area contributed by atoms with Gasteiger partial charge in [-0.25, -0.2) is 14.8 Å². The number of esters is 1. The average molecular weight is 400 g/mol. The summed E-state index contributed by atoms with van der Waals surface area (Å²) >= 11 is 0. The van der Waals surface area contributed by atoms with Crippen molar-refractivity contribution in [3.05, 3.63) is 42.2 Å². The van der Waals surface area contributed by atoms with Crippen molar-refractivity contribution in [3.63, 3.8) is 0 Å². The molecule has 0 aliphatic carbocycles. The smallest absolute Gasteiger partial charge is 0.338 e. The van der Waals surface area contributed by atoms with Gasteiger partial charge in [-0.3, -0.25) is 4.79 Å². The number of amides is 1. The summed E-state index contributed by atoms with van der Waals surface area (Å²) in [6.45, 7) is 4.32. The minimum absolute atomic E-state index is 0.232. The number of ether oxygens (including phenoxy) is 3. The fourth-order valence-electron chi connectivity index (χ4n) is 2.98. The van der Waals surface area contributed by atoms with Gasteiger partial charge in [0.2, 0.25) is 5.95 Å². The van der Waals surface area contributed by atoms with Gasteiger partial charge in [0, 0.05) is 38.6 Å². The first-order chi connectivity index (χ1) is 14.1. The monoisotopic (exact) mass is 400 g/mol. The van der Waals surface area contributed by atoms with Crippen molar-refractivity contribution in [2.24, 2.45) is 0 Å². The molecule has 154 valence electrons. The van der Waals surface area contributed by atoms with Crippen molar-refractivity contribution in [1.82, 2.24) is 14.9 Å². The van der Waals surface area contributed by atoms with Gasteiger partial charge in [-0.1, -0.05) is 0 Å². The van der Waals surface area contributed by atoms with Crippen molar-refractivity contribution in [2.45, 2.75) is 6.92 Å². The molecule has 1 aliphatic heterocycles. The number of anilines is 1. The van der Waals surface area contributed by atoms with Gasteiger partial charge in [0.25, 0.3) is 5.91 Å². The van der Waals surface area contributed by atoms with E-state index in [1.54, 1.807) is 35.5 Å². The Labute approximate surface area is 169 Å². The Hall–Kier alpha value is -3.36. The van der Waals surface area contributed by atoms with Crippen LogP contribution in [-0.2, 0) is 9.53 Å². The summed E-state index contributed by atoms with van der Waals surface area (Å²) in [4.78, 5) is 36.8. The number of carbonyl (C=O) groups is 2. The predicted molar refractivity (Wildman–Crippen MR) is 105 cm³/mol. The number of carbonyl (C=O) groups excluding carboxylic acids is 2. The zero-order valence-electron chi connectivity index (χ0n) is 16.5. The summed E-state index contributed by atoms with van der Waals surface area (Å²) < 4.78 is 15.9. The molecule has 9 nitrogen and oxygen atoms in total. The van der Waals surface area contributed by atoms with E-state index in [-0.39, 0.29) is 12.5 Å². The SMILES string of the molecule is CCOc1ccc(C(=O)OCC(=O)N2CCN(c3ncccn3)CC2)cc1OC. The first kappa shape index (κ1) is 20.4. The zero-order valence-corrected chi connectivity index (χ0v) is 16.5. The Balaban J connectivity index is 1.50. The van der Waals surface area contributed by atoms with Crippen molar-refractivity contribution in [3.8, 4) is 11.5 Å². The molecule has 1 aliphatic rings. The van der Waals surface area contributed by atoms with E-state index in [0.717, 1.165) is 0 Å². The molecule has 0 atom stereocenters. The van der Waals surface area contributed by atoms with E-state index >= 15 is 0 Å². The maximum atomic E-state index is 12.4. The van der Waals surface area contributed by atoms with E-state index in [0.29, 0.717) is 55.8 Å². The molecule has 0 saturated carbocycles. The van der Waals surface area contributed by atoms with E-state index in [2.05, 4.69) is 9.97 Å². The minimum atomic E-state index is -0.587. The van der Waals surface area contributed by atoms with Crippen LogP contribution in [0.3, 0.4) is 0 Å². The van der Waals surface area contributed by atoms with Crippen LogP contribution < -0.4 is 14.4 Å². The third kappa shape index (κ3) is 5.13. The highest BCUT2D eigenvalue weighted by molar-refractivity contribution is 5.92. The predicted octanol–water partition coefficient (Wildman–Crippen LogP) is 1.39. The first-order valence-corrected chi connectivity index (χ1v) is 9.40. The molecule has 1 saturated heterocycles. The van der Waals surface area contributed by atoms with Crippen molar-refractivity contribution >= 4 is 17.8 Å². The molecule has 0 spiro atoms. The largest absolute Gasteiger partial charge is 0.493 e. The highest BCUT2D eigenvalue weighted by atomic mass is 16.5. The topological polar surface area (TPSA) is 94.1 Å². The van der Waals surface area contributed by atoms with Gasteiger partial charge in [0.05, 0.1) is 19.3 Å². The fraction of sp³-hybridized carbons (Fsp3) is 0.400. The molecule has 2 heterocycles. The molecular weight excluding hydrogens is 376 g/mol. The molecule has 2 aromatic rings. The maximum Gasteiger partial charge on any atom is 0.338 e. The Bertz CT molecular complexity index is 838. The molecule has 1 aromatic heterocycles. The summed E-state index contributed by atoms with van der Waals surface area (Å²) in [6, 6.07) is 6.53. The number of hydrogen-bond acceptors (Lipinski definition) is 8. The second kappa shape index (κ2) is 9.72. The van der Waals surface area contributed by atoms with E-state index in [1.807, 2.05) is 11.8 Å². The Morgan fingerprint density at radius 2 is 1.79 bits per heavy atom. The molecule has 0 unspecified atom stereocenters. The van der Waals surface area contributed by atoms with E-state index in [1.165, 1.54) is 13.2 Å². The van der Waals surface area contributed by atoms with Crippen LogP contribution >= 0.6 is 0 Å². The van der Waals surface area contributed by atoms with Crippen LogP contribution in [0.15, 0.2) is 36.7 Å². The number of benzene rings is 1. The van der Waals surface area contributed by atoms with Gasteiger partial charge < -0.3 is 24.0 Å². The highest BCUT2D eigenvalue weighted by Gasteiger charge is 2.23. The van der Waals surface area contributed by atoms with Crippen molar-refractivity contribution in [1.29, 1.82) is 0 Å². The van der Waals surface area contributed by atoms with Crippen LogP contribution in [-0.4, -0.2) is 73.2 Å². The summed E-state index contributed by atoms with van der Waals surface area (Å²) in [6.07, 6.45) is 3.38. The molecule has 3 rings (SSSR count). The lowest BCUT2D eigenvalue weighted by Crippen LogP contribution is -2.50. The van der Waals surface area contributed by atoms with Crippen LogP contribution in [0, 0.1) is 0 Å². The first-order valence-electron chi connectivity index (χ1n) is 9.40. The molecule has 0 radical (unpaired) electrons. The van der Waals surface area contributed by atoms with Crippen LogP contribution in [0.2, 0.25) is 0 Å². The standard InChI is InChI=1S/C20H24N4O5/c1-3-28-16-6-5-15(13-17(16)27-2)19(26)29-14-18(25)23-9-11-24(12-10-23)20-21-7-4-8-22-20/h4-8,13H,3,9-12,14H2,1-2H3. The van der Waals surface area contributed by atoms with Crippen molar-refractivity contribution < 1.29 is 23.8 Å². The lowest BCUT2D eigenvalue weighted by Gasteiger charge is -2.34. The quantitative estimate of drug-likeness (QED) is 0.644. The number of aromatic nitrogens is 2. The van der Waals surface area contributed by atoms with Gasteiger partial charge >= 0.3 is 5.97 Å². The number of hydrogen-bond donors (Lipinski definition) is 0. The molecule has 29 heavy (non-hydrogen) atoms. The van der Waals surface area contributed by atoms with E-state index in [9.17, 15) is 9.59 Å². The van der Waals surface area contributed by atoms with Crippen LogP contribution in [0.1, 0.15) is 17.3 Å². The van der Waals surface area contributed by atoms with Crippen LogP contribution in [0.25, 0.3) is 0 Å². The van der Waals surface area contributed by atoms with Crippen LogP contribution in [0.4, 0.5) is 5.95 Å². The Morgan fingerprint density at radius 3 is 2.45 bits per heavy atom. The molecule has 1 fully saturated rings. The molecule has 9 heteroatoms. The summed E-state index contributed by atoms with van der Waals surface area (Å²) in [5.74, 6) is 0.811. The van der Waals surface area contributed by atoms with E-state index in [4.69, 9.17) is 14.2 Å². The molecular formula is C20H24N4O5. The third-order valence-electron chi connectivity index (χ3n) is 4.49. The maximum absolute atomic E-state index is 12.4. The Kier molecular flexibility index (Phi) is 6.83. The van der Waals surface area contributed by atoms with Gasteiger partial charge in [-0.2, -0.15) is 0 Å². The lowest BCUT2D eigenvalue weighted by atomic mass is 10.2. The number of rotatable bonds is 7. The summed E-state index contributed by atoms with van der Waals surface area (Å²) in [5, 5.41) is 0. The fourth-order valence-corrected chi connectivity index (χ4v) is 2.98. The second-order valence-corrected chi connectivity index (χ2v) is 6.29. The molecule has 1 amide bonds. The molecule has 0 bridgehead atoms. The third-order valence-corrected chi connectivity index (χ3v) is 4.49. The molecule has 1 aromatic carbocycles. The zero-order chi connectivity index (χ0) is 20.6. The average Bonchev–Trinajstić information content (AvgIpc) is 2.78. The van der Waals surface area contributed by atoms with Gasteiger partial charge in [-0.05, 0) is 31.2 Å². The summed E-state index contributed by atoms with van der Waals surface area (Å²) in [7, 11) is 1.50. The minimum Gasteiger partial charge on any atom is -0.493 e. The number of nitrogens with zero attached hydrogens (tertiary/aromatic N) is 4.